The van der Waals surface area contributed by atoms with Gasteiger partial charge in [-0.25, -0.2) is 4.39 Å². The second kappa shape index (κ2) is 12.9. The lowest BCUT2D eigenvalue weighted by Gasteiger charge is -2.16. The molecule has 0 fully saturated rings. The molecule has 0 spiro atoms. The van der Waals surface area contributed by atoms with Gasteiger partial charge in [-0.3, -0.25) is 4.79 Å². The maximum atomic E-state index is 13.6. The number of allylic oxidation sites excluding steroid dienone is 4. The third-order valence-electron chi connectivity index (χ3n) is 5.10. The molecule has 0 radical (unpaired) electrons. The van der Waals surface area contributed by atoms with Crippen molar-refractivity contribution in [3.63, 3.8) is 0 Å². The predicted octanol–water partition coefficient (Wildman–Crippen LogP) is 6.27. The number of hydrogen-bond acceptors (Lipinski definition) is 6. The number of halogens is 2. The van der Waals surface area contributed by atoms with Crippen LogP contribution in [0.5, 0.6) is 0 Å². The number of anilines is 2. The van der Waals surface area contributed by atoms with Crippen LogP contribution in [0.1, 0.15) is 57.2 Å². The van der Waals surface area contributed by atoms with Gasteiger partial charge in [0.05, 0.1) is 23.5 Å². The van der Waals surface area contributed by atoms with Crippen LogP contribution in [-0.2, 0) is 22.6 Å². The van der Waals surface area contributed by atoms with Gasteiger partial charge in [-0.05, 0) is 56.0 Å². The molecule has 0 unspecified atom stereocenters. The van der Waals surface area contributed by atoms with Crippen LogP contribution in [0.3, 0.4) is 0 Å². The van der Waals surface area contributed by atoms with Crippen molar-refractivity contribution in [2.45, 2.75) is 60.5 Å². The van der Waals surface area contributed by atoms with E-state index in [1.165, 1.54) is 19.1 Å². The molecule has 6 nitrogen and oxygen atoms in total. The minimum absolute atomic E-state index is 0.0370. The van der Waals surface area contributed by atoms with Crippen molar-refractivity contribution in [1.82, 2.24) is 10.2 Å². The molecule has 0 aliphatic rings. The normalized spacial score (nSPS) is 12.3. The highest BCUT2D eigenvalue weighted by Gasteiger charge is 2.12. The number of carbonyl (C=O) groups excluding carboxylic acids is 1. The Kier molecular flexibility index (Phi) is 10.3. The molecule has 0 saturated heterocycles. The number of Topliss-reactive ketones (excluding diaryl/α,β-unsaturated/α-hetero) is 1. The molecule has 0 aliphatic carbocycles. The fourth-order valence-electron chi connectivity index (χ4n) is 3.15. The van der Waals surface area contributed by atoms with Crippen LogP contribution < -0.4 is 10.6 Å². The first-order valence-electron chi connectivity index (χ1n) is 11.1. The van der Waals surface area contributed by atoms with Crippen LogP contribution in [0.2, 0.25) is 0 Å². The van der Waals surface area contributed by atoms with Crippen LogP contribution in [0.15, 0.2) is 47.0 Å². The topological polar surface area (TPSA) is 76.1 Å². The van der Waals surface area contributed by atoms with Crippen molar-refractivity contribution < 1.29 is 13.9 Å². The summed E-state index contributed by atoms with van der Waals surface area (Å²) < 4.78 is 19.5. The molecule has 0 bridgehead atoms. The second-order valence-corrected chi connectivity index (χ2v) is 8.03. The van der Waals surface area contributed by atoms with Gasteiger partial charge in [0.1, 0.15) is 24.0 Å². The summed E-state index contributed by atoms with van der Waals surface area (Å²) in [5.41, 5.74) is 4.27. The molecular formula is C25H32ClFN4O2. The van der Waals surface area contributed by atoms with Gasteiger partial charge in [0.25, 0.3) is 0 Å². The van der Waals surface area contributed by atoms with E-state index in [0.29, 0.717) is 35.9 Å². The zero-order chi connectivity index (χ0) is 24.4. The van der Waals surface area contributed by atoms with Crippen LogP contribution in [0.25, 0.3) is 0 Å². The zero-order valence-corrected chi connectivity index (χ0v) is 20.6. The van der Waals surface area contributed by atoms with Gasteiger partial charge in [0.15, 0.2) is 5.82 Å². The molecule has 2 N–H and O–H groups in total. The number of aromatic nitrogens is 2. The van der Waals surface area contributed by atoms with Crippen molar-refractivity contribution >= 4 is 28.9 Å². The van der Waals surface area contributed by atoms with Gasteiger partial charge < -0.3 is 15.4 Å². The molecule has 0 aliphatic heterocycles. The van der Waals surface area contributed by atoms with Crippen LogP contribution in [0, 0.1) is 12.7 Å². The SMILES string of the molecule is CC/C(OCc1cc(F)ccc1C)=C(Cl)\C=C(/CC)Nc1nncc(NCC(C)=O)c1CC. The summed E-state index contributed by atoms with van der Waals surface area (Å²) in [7, 11) is 0. The fourth-order valence-corrected chi connectivity index (χ4v) is 3.47. The van der Waals surface area contributed by atoms with Crippen molar-refractivity contribution in [3.05, 3.63) is 69.5 Å². The molecule has 178 valence electrons. The number of benzene rings is 1. The number of hydrogen-bond donors (Lipinski definition) is 2. The molecule has 2 rings (SSSR count). The summed E-state index contributed by atoms with van der Waals surface area (Å²) in [6, 6.07) is 4.64. The van der Waals surface area contributed by atoms with Crippen molar-refractivity contribution in [2.24, 2.45) is 0 Å². The standard InChI is InChI=1S/C25H32ClFN4O2/c1-6-20(30-25-21(7-2)23(14-29-31-25)28-13-17(5)32)12-22(26)24(8-3)33-15-18-11-19(27)10-9-16(18)4/h9-12,14H,6-8,13,15H2,1-5H3,(H2,28,30,31)/b20-12+,24-22-. The third kappa shape index (κ3) is 7.86. The Morgan fingerprint density at radius 2 is 2.00 bits per heavy atom. The van der Waals surface area contributed by atoms with Gasteiger partial charge >= 0.3 is 0 Å². The molecule has 1 aromatic heterocycles. The highest BCUT2D eigenvalue weighted by molar-refractivity contribution is 6.31. The maximum absolute atomic E-state index is 13.6. The van der Waals surface area contributed by atoms with E-state index in [2.05, 4.69) is 20.8 Å². The van der Waals surface area contributed by atoms with E-state index in [4.69, 9.17) is 16.3 Å². The Balaban J connectivity index is 2.23. The number of nitrogens with zero attached hydrogens (tertiary/aromatic N) is 2. The molecule has 0 saturated carbocycles. The van der Waals surface area contributed by atoms with Crippen molar-refractivity contribution in [1.29, 1.82) is 0 Å². The summed E-state index contributed by atoms with van der Waals surface area (Å²) in [5, 5.41) is 15.2. The Labute approximate surface area is 200 Å². The molecule has 8 heteroatoms. The van der Waals surface area contributed by atoms with E-state index in [9.17, 15) is 9.18 Å². The minimum atomic E-state index is -0.294. The number of rotatable bonds is 12. The van der Waals surface area contributed by atoms with Gasteiger partial charge in [-0.15, -0.1) is 5.10 Å². The monoisotopic (exact) mass is 474 g/mol. The van der Waals surface area contributed by atoms with Gasteiger partial charge in [0.2, 0.25) is 0 Å². The molecule has 2 aromatic rings. The van der Waals surface area contributed by atoms with Gasteiger partial charge in [0, 0.05) is 17.7 Å². The average molecular weight is 475 g/mol. The zero-order valence-electron chi connectivity index (χ0n) is 19.9. The Morgan fingerprint density at radius 1 is 1.24 bits per heavy atom. The number of ether oxygens (including phenoxy) is 1. The number of aryl methyl sites for hydroxylation is 1. The Morgan fingerprint density at radius 3 is 2.64 bits per heavy atom. The smallest absolute Gasteiger partial charge is 0.158 e. The summed E-state index contributed by atoms with van der Waals surface area (Å²) >= 11 is 6.59. The molecular weight excluding hydrogens is 443 g/mol. The summed E-state index contributed by atoms with van der Waals surface area (Å²) in [6.07, 6.45) is 5.40. The van der Waals surface area contributed by atoms with Crippen LogP contribution >= 0.6 is 11.6 Å². The lowest BCUT2D eigenvalue weighted by molar-refractivity contribution is -0.115. The number of carbonyl (C=O) groups is 1. The van der Waals surface area contributed by atoms with Crippen molar-refractivity contribution in [2.75, 3.05) is 17.2 Å². The highest BCUT2D eigenvalue weighted by Crippen LogP contribution is 2.25. The first kappa shape index (κ1) is 26.3. The highest BCUT2D eigenvalue weighted by atomic mass is 35.5. The average Bonchev–Trinajstić information content (AvgIpc) is 2.79. The van der Waals surface area contributed by atoms with Crippen LogP contribution in [0.4, 0.5) is 15.9 Å². The third-order valence-corrected chi connectivity index (χ3v) is 5.42. The lowest BCUT2D eigenvalue weighted by Crippen LogP contribution is -2.14. The number of ketones is 1. The first-order chi connectivity index (χ1) is 15.8. The molecule has 1 aromatic carbocycles. The van der Waals surface area contributed by atoms with Gasteiger partial charge in [-0.1, -0.05) is 38.4 Å². The Hall–Kier alpha value is -2.93. The second-order valence-electron chi connectivity index (χ2n) is 7.63. The minimum Gasteiger partial charge on any atom is -0.492 e. The van der Waals surface area contributed by atoms with E-state index in [-0.39, 0.29) is 24.8 Å². The molecule has 0 amide bonds. The van der Waals surface area contributed by atoms with E-state index in [1.54, 1.807) is 12.3 Å². The largest absolute Gasteiger partial charge is 0.492 e. The van der Waals surface area contributed by atoms with E-state index < -0.39 is 0 Å². The summed E-state index contributed by atoms with van der Waals surface area (Å²) in [6.45, 7) is 9.88. The fraction of sp³-hybridized carbons (Fsp3) is 0.400. The summed E-state index contributed by atoms with van der Waals surface area (Å²) in [4.78, 5) is 11.3. The lowest BCUT2D eigenvalue weighted by atomic mass is 10.1. The molecule has 1 heterocycles. The van der Waals surface area contributed by atoms with E-state index >= 15 is 0 Å². The Bertz CT molecular complexity index is 1040. The van der Waals surface area contributed by atoms with Crippen LogP contribution in [-0.4, -0.2) is 22.5 Å². The maximum Gasteiger partial charge on any atom is 0.158 e. The molecule has 0 atom stereocenters. The summed E-state index contributed by atoms with van der Waals surface area (Å²) in [5.74, 6) is 0.970. The predicted molar refractivity (Wildman–Crippen MR) is 132 cm³/mol. The van der Waals surface area contributed by atoms with E-state index in [1.807, 2.05) is 33.8 Å². The quantitative estimate of drug-likeness (QED) is 0.279. The molecule has 33 heavy (non-hydrogen) atoms. The first-order valence-corrected chi connectivity index (χ1v) is 11.5. The van der Waals surface area contributed by atoms with E-state index in [0.717, 1.165) is 28.1 Å². The number of nitrogens with one attached hydrogen (secondary N) is 2. The van der Waals surface area contributed by atoms with Crippen molar-refractivity contribution in [3.8, 4) is 0 Å². The van der Waals surface area contributed by atoms with Gasteiger partial charge in [-0.2, -0.15) is 5.10 Å².